The van der Waals surface area contributed by atoms with Gasteiger partial charge in [0.1, 0.15) is 5.92 Å². The van der Waals surface area contributed by atoms with Crippen molar-refractivity contribution in [1.29, 1.82) is 5.26 Å². The minimum atomic E-state index is -3.47. The highest BCUT2D eigenvalue weighted by molar-refractivity contribution is 7.89. The van der Waals surface area contributed by atoms with E-state index in [1.54, 1.807) is 0 Å². The molecule has 0 aliphatic heterocycles. The number of rotatable bonds is 7. The van der Waals surface area contributed by atoms with Gasteiger partial charge in [0.25, 0.3) is 0 Å². The molecule has 0 bridgehead atoms. The Hall–Kier alpha value is -1.13. The number of nitrogens with zero attached hydrogens (tertiary/aromatic N) is 1. The molecule has 0 aromatic heterocycles. The zero-order valence-corrected chi connectivity index (χ0v) is 10.1. The summed E-state index contributed by atoms with van der Waals surface area (Å²) in [5.41, 5.74) is 0. The molecule has 6 nitrogen and oxygen atoms in total. The van der Waals surface area contributed by atoms with Gasteiger partial charge in [-0.3, -0.25) is 4.79 Å². The average molecular weight is 247 g/mol. The number of nitrogens with one attached hydrogen (secondary N) is 1. The smallest absolute Gasteiger partial charge is 0.237 e. The summed E-state index contributed by atoms with van der Waals surface area (Å²) >= 11 is 0. The van der Waals surface area contributed by atoms with Gasteiger partial charge in [-0.2, -0.15) is 5.26 Å². The molecule has 1 unspecified atom stereocenters. The number of primary sulfonamides is 1. The van der Waals surface area contributed by atoms with Crippen LogP contribution in [0.3, 0.4) is 0 Å². The third-order valence-corrected chi connectivity index (χ3v) is 2.81. The van der Waals surface area contributed by atoms with E-state index >= 15 is 0 Å². The maximum atomic E-state index is 11.4. The van der Waals surface area contributed by atoms with Crippen LogP contribution in [0.25, 0.3) is 0 Å². The first-order chi connectivity index (χ1) is 7.40. The van der Waals surface area contributed by atoms with Crippen molar-refractivity contribution < 1.29 is 13.2 Å². The lowest BCUT2D eigenvalue weighted by Crippen LogP contribution is -2.32. The number of nitriles is 1. The molecule has 7 heteroatoms. The molecule has 0 aliphatic rings. The zero-order valence-electron chi connectivity index (χ0n) is 9.27. The molecule has 0 spiro atoms. The predicted octanol–water partition coefficient (Wildman–Crippen LogP) is -0.279. The summed E-state index contributed by atoms with van der Waals surface area (Å²) in [5, 5.41) is 16.0. The molecule has 92 valence electrons. The molecule has 3 N–H and O–H groups in total. The molecule has 1 amide bonds. The second-order valence-corrected chi connectivity index (χ2v) is 5.22. The van der Waals surface area contributed by atoms with Crippen LogP contribution in [0.4, 0.5) is 0 Å². The fourth-order valence-electron chi connectivity index (χ4n) is 1.15. The first kappa shape index (κ1) is 14.9. The monoisotopic (exact) mass is 247 g/mol. The second kappa shape index (κ2) is 7.19. The number of amides is 1. The maximum absolute atomic E-state index is 11.4. The Morgan fingerprint density at radius 1 is 1.56 bits per heavy atom. The van der Waals surface area contributed by atoms with Crippen molar-refractivity contribution in [3.63, 3.8) is 0 Å². The Morgan fingerprint density at radius 2 is 2.19 bits per heavy atom. The molecule has 0 heterocycles. The normalized spacial score (nSPS) is 12.8. The van der Waals surface area contributed by atoms with E-state index in [2.05, 4.69) is 5.32 Å². The Labute approximate surface area is 95.9 Å². The van der Waals surface area contributed by atoms with E-state index in [1.807, 2.05) is 13.0 Å². The first-order valence-corrected chi connectivity index (χ1v) is 6.80. The maximum Gasteiger partial charge on any atom is 0.237 e. The predicted molar refractivity (Wildman–Crippen MR) is 59.6 cm³/mol. The van der Waals surface area contributed by atoms with E-state index in [4.69, 9.17) is 10.4 Å². The molecule has 0 saturated heterocycles. The summed E-state index contributed by atoms with van der Waals surface area (Å²) in [7, 11) is -3.47. The van der Waals surface area contributed by atoms with Crippen LogP contribution in [0.5, 0.6) is 0 Å². The Bertz CT molecular complexity index is 359. The summed E-state index contributed by atoms with van der Waals surface area (Å²) in [4.78, 5) is 11.4. The van der Waals surface area contributed by atoms with Gasteiger partial charge in [-0.15, -0.1) is 0 Å². The lowest BCUT2D eigenvalue weighted by Gasteiger charge is -2.08. The van der Waals surface area contributed by atoms with Crippen molar-refractivity contribution in [2.75, 3.05) is 12.3 Å². The number of nitrogens with two attached hydrogens (primary N) is 1. The molecule has 1 atom stereocenters. The highest BCUT2D eigenvalue weighted by Crippen LogP contribution is 2.04. The zero-order chi connectivity index (χ0) is 12.6. The molecule has 0 saturated carbocycles. The average Bonchev–Trinajstić information content (AvgIpc) is 2.19. The van der Waals surface area contributed by atoms with Crippen LogP contribution in [0.2, 0.25) is 0 Å². The summed E-state index contributed by atoms with van der Waals surface area (Å²) in [6.07, 6.45) is 1.52. The summed E-state index contributed by atoms with van der Waals surface area (Å²) in [5.74, 6) is -1.17. The molecule has 0 rings (SSSR count). The van der Waals surface area contributed by atoms with Crippen LogP contribution < -0.4 is 10.5 Å². The van der Waals surface area contributed by atoms with Gasteiger partial charge in [-0.25, -0.2) is 13.6 Å². The summed E-state index contributed by atoms with van der Waals surface area (Å²) < 4.78 is 21.2. The van der Waals surface area contributed by atoms with Crippen molar-refractivity contribution in [2.24, 2.45) is 11.1 Å². The van der Waals surface area contributed by atoms with Gasteiger partial charge in [0, 0.05) is 6.54 Å². The minimum absolute atomic E-state index is 0.168. The Morgan fingerprint density at radius 3 is 2.62 bits per heavy atom. The van der Waals surface area contributed by atoms with Crippen molar-refractivity contribution in [2.45, 2.75) is 26.2 Å². The number of hydrogen-bond acceptors (Lipinski definition) is 4. The highest BCUT2D eigenvalue weighted by Gasteiger charge is 2.15. The van der Waals surface area contributed by atoms with E-state index < -0.39 is 15.9 Å². The van der Waals surface area contributed by atoms with Gasteiger partial charge in [0.05, 0.1) is 11.8 Å². The highest BCUT2D eigenvalue weighted by atomic mass is 32.2. The second-order valence-electron chi connectivity index (χ2n) is 3.48. The lowest BCUT2D eigenvalue weighted by molar-refractivity contribution is -0.123. The van der Waals surface area contributed by atoms with Gasteiger partial charge in [-0.05, 0) is 12.8 Å². The van der Waals surface area contributed by atoms with Gasteiger partial charge in [0.2, 0.25) is 15.9 Å². The first-order valence-electron chi connectivity index (χ1n) is 5.08. The largest absolute Gasteiger partial charge is 0.355 e. The fraction of sp³-hybridized carbons (Fsp3) is 0.778. The topological polar surface area (TPSA) is 113 Å². The van der Waals surface area contributed by atoms with Crippen LogP contribution in [0.15, 0.2) is 0 Å². The number of hydrogen-bond donors (Lipinski definition) is 2. The van der Waals surface area contributed by atoms with Crippen LogP contribution >= 0.6 is 0 Å². The van der Waals surface area contributed by atoms with Gasteiger partial charge < -0.3 is 5.32 Å². The number of carbonyl (C=O) groups is 1. The van der Waals surface area contributed by atoms with E-state index in [-0.39, 0.29) is 24.6 Å². The molecule has 0 aliphatic carbocycles. The number of carbonyl (C=O) groups excluding carboxylic acids is 1. The van der Waals surface area contributed by atoms with Crippen LogP contribution in [-0.2, 0) is 14.8 Å². The van der Waals surface area contributed by atoms with Gasteiger partial charge >= 0.3 is 0 Å². The molecule has 0 aromatic rings. The SMILES string of the molecule is CCCC(C#N)C(=O)NCCCS(N)(=O)=O. The van der Waals surface area contributed by atoms with E-state index in [0.717, 1.165) is 6.42 Å². The third-order valence-electron chi connectivity index (χ3n) is 1.95. The standard InChI is InChI=1S/C9H17N3O3S/c1-2-4-8(7-10)9(13)12-5-3-6-16(11,14)15/h8H,2-6H2,1H3,(H,12,13)(H2,11,14,15). The molecule has 0 radical (unpaired) electrons. The fourth-order valence-corrected chi connectivity index (χ4v) is 1.70. The third kappa shape index (κ3) is 7.20. The van der Waals surface area contributed by atoms with Crippen molar-refractivity contribution >= 4 is 15.9 Å². The Kier molecular flexibility index (Phi) is 6.69. The van der Waals surface area contributed by atoms with Crippen molar-refractivity contribution in [3.05, 3.63) is 0 Å². The molecule has 0 fully saturated rings. The van der Waals surface area contributed by atoms with Crippen LogP contribution in [0, 0.1) is 17.2 Å². The number of sulfonamides is 1. The molecular weight excluding hydrogens is 230 g/mol. The molecular formula is C9H17N3O3S. The van der Waals surface area contributed by atoms with E-state index in [9.17, 15) is 13.2 Å². The quantitative estimate of drug-likeness (QED) is 0.602. The minimum Gasteiger partial charge on any atom is -0.355 e. The summed E-state index contributed by atoms with van der Waals surface area (Å²) in [6.45, 7) is 2.11. The van der Waals surface area contributed by atoms with E-state index in [0.29, 0.717) is 6.42 Å². The van der Waals surface area contributed by atoms with Gasteiger partial charge in [0.15, 0.2) is 0 Å². The van der Waals surface area contributed by atoms with Gasteiger partial charge in [-0.1, -0.05) is 13.3 Å². The van der Waals surface area contributed by atoms with Crippen LogP contribution in [-0.4, -0.2) is 26.6 Å². The Balaban J connectivity index is 3.85. The van der Waals surface area contributed by atoms with Crippen LogP contribution in [0.1, 0.15) is 26.2 Å². The molecule has 16 heavy (non-hydrogen) atoms. The van der Waals surface area contributed by atoms with E-state index in [1.165, 1.54) is 0 Å². The summed E-state index contributed by atoms with van der Waals surface area (Å²) in [6, 6.07) is 1.90. The molecule has 0 aromatic carbocycles. The lowest BCUT2D eigenvalue weighted by atomic mass is 10.1. The van der Waals surface area contributed by atoms with Crippen molar-refractivity contribution in [1.82, 2.24) is 5.32 Å². The van der Waals surface area contributed by atoms with Crippen molar-refractivity contribution in [3.8, 4) is 6.07 Å².